The van der Waals surface area contributed by atoms with Gasteiger partial charge in [0.2, 0.25) is 0 Å². The molecule has 0 saturated carbocycles. The third-order valence-electron chi connectivity index (χ3n) is 1.39. The standard InChI is InChI=1S/C7H8ClN.C2H6/c1-5-6(2)9-4-3-7(5)8;1-2/h3-4H,1-2H3;1-2H3. The zero-order chi connectivity index (χ0) is 8.85. The summed E-state index contributed by atoms with van der Waals surface area (Å²) in [7, 11) is 0. The zero-order valence-corrected chi connectivity index (χ0v) is 8.24. The van der Waals surface area contributed by atoms with Gasteiger partial charge in [-0.2, -0.15) is 0 Å². The highest BCUT2D eigenvalue weighted by molar-refractivity contribution is 6.31. The van der Waals surface area contributed by atoms with E-state index in [-0.39, 0.29) is 0 Å². The topological polar surface area (TPSA) is 12.9 Å². The van der Waals surface area contributed by atoms with Gasteiger partial charge in [0.1, 0.15) is 0 Å². The van der Waals surface area contributed by atoms with Crippen LogP contribution in [0.3, 0.4) is 0 Å². The summed E-state index contributed by atoms with van der Waals surface area (Å²) < 4.78 is 0. The van der Waals surface area contributed by atoms with Crippen molar-refractivity contribution in [1.82, 2.24) is 4.98 Å². The van der Waals surface area contributed by atoms with Gasteiger partial charge >= 0.3 is 0 Å². The number of hydrogen-bond acceptors (Lipinski definition) is 1. The molecule has 1 rings (SSSR count). The van der Waals surface area contributed by atoms with Gasteiger partial charge in [-0.1, -0.05) is 25.4 Å². The summed E-state index contributed by atoms with van der Waals surface area (Å²) in [4.78, 5) is 4.06. The molecular weight excluding hydrogens is 158 g/mol. The normalized spacial score (nSPS) is 8.45. The lowest BCUT2D eigenvalue weighted by Crippen LogP contribution is -1.84. The van der Waals surface area contributed by atoms with Crippen LogP contribution < -0.4 is 0 Å². The van der Waals surface area contributed by atoms with Crippen LogP contribution in [0.5, 0.6) is 0 Å². The molecule has 1 aromatic heterocycles. The molecule has 0 atom stereocenters. The van der Waals surface area contributed by atoms with Crippen LogP contribution in [-0.4, -0.2) is 4.98 Å². The highest BCUT2D eigenvalue weighted by Crippen LogP contribution is 2.14. The first-order chi connectivity index (χ1) is 5.22. The van der Waals surface area contributed by atoms with Crippen LogP contribution in [0.25, 0.3) is 0 Å². The molecule has 0 aliphatic heterocycles. The van der Waals surface area contributed by atoms with E-state index in [2.05, 4.69) is 4.98 Å². The predicted octanol–water partition coefficient (Wildman–Crippen LogP) is 3.38. The Hall–Kier alpha value is -0.560. The Morgan fingerprint density at radius 3 is 2.18 bits per heavy atom. The molecule has 11 heavy (non-hydrogen) atoms. The van der Waals surface area contributed by atoms with E-state index >= 15 is 0 Å². The van der Waals surface area contributed by atoms with E-state index in [4.69, 9.17) is 11.6 Å². The van der Waals surface area contributed by atoms with E-state index < -0.39 is 0 Å². The maximum atomic E-state index is 5.77. The minimum Gasteiger partial charge on any atom is -0.261 e. The molecule has 1 aromatic rings. The van der Waals surface area contributed by atoms with E-state index in [1.165, 1.54) is 0 Å². The molecule has 0 aliphatic carbocycles. The Kier molecular flexibility index (Phi) is 4.88. The van der Waals surface area contributed by atoms with Crippen molar-refractivity contribution >= 4 is 11.6 Å². The minimum atomic E-state index is 0.794. The van der Waals surface area contributed by atoms with Gasteiger partial charge in [-0.25, -0.2) is 0 Å². The van der Waals surface area contributed by atoms with Gasteiger partial charge < -0.3 is 0 Å². The number of aromatic nitrogens is 1. The maximum absolute atomic E-state index is 5.77. The molecule has 0 saturated heterocycles. The number of nitrogens with zero attached hydrogens (tertiary/aromatic N) is 1. The van der Waals surface area contributed by atoms with Crippen LogP contribution >= 0.6 is 11.6 Å². The Morgan fingerprint density at radius 1 is 1.27 bits per heavy atom. The Labute approximate surface area is 73.4 Å². The lowest BCUT2D eigenvalue weighted by Gasteiger charge is -1.97. The number of hydrogen-bond donors (Lipinski definition) is 0. The van der Waals surface area contributed by atoms with E-state index in [1.54, 1.807) is 12.3 Å². The fraction of sp³-hybridized carbons (Fsp3) is 0.444. The van der Waals surface area contributed by atoms with Crippen LogP contribution in [0, 0.1) is 13.8 Å². The molecule has 0 spiro atoms. The molecule has 0 fully saturated rings. The molecule has 1 heterocycles. The molecule has 2 heteroatoms. The smallest absolute Gasteiger partial charge is 0.0468 e. The van der Waals surface area contributed by atoms with Crippen LogP contribution in [0.2, 0.25) is 5.02 Å². The first kappa shape index (κ1) is 10.4. The van der Waals surface area contributed by atoms with E-state index in [1.807, 2.05) is 27.7 Å². The van der Waals surface area contributed by atoms with Crippen molar-refractivity contribution in [3.05, 3.63) is 28.5 Å². The lowest BCUT2D eigenvalue weighted by molar-refractivity contribution is 1.15. The van der Waals surface area contributed by atoms with E-state index in [0.717, 1.165) is 16.3 Å². The summed E-state index contributed by atoms with van der Waals surface area (Å²) >= 11 is 5.77. The van der Waals surface area contributed by atoms with E-state index in [0.29, 0.717) is 0 Å². The van der Waals surface area contributed by atoms with Gasteiger partial charge in [-0.3, -0.25) is 4.98 Å². The number of pyridine rings is 1. The van der Waals surface area contributed by atoms with Crippen molar-refractivity contribution < 1.29 is 0 Å². The molecule has 0 aromatic carbocycles. The van der Waals surface area contributed by atoms with Crippen molar-refractivity contribution in [2.75, 3.05) is 0 Å². The van der Waals surface area contributed by atoms with Crippen molar-refractivity contribution in [2.45, 2.75) is 27.7 Å². The molecule has 0 aliphatic rings. The summed E-state index contributed by atoms with van der Waals surface area (Å²) in [6.45, 7) is 7.91. The van der Waals surface area contributed by atoms with Gasteiger partial charge in [0, 0.05) is 16.9 Å². The second kappa shape index (κ2) is 5.14. The predicted molar refractivity (Wildman–Crippen MR) is 50.1 cm³/mol. The Bertz CT molecular complexity index is 201. The third kappa shape index (κ3) is 2.89. The molecule has 62 valence electrons. The second-order valence-corrected chi connectivity index (χ2v) is 2.41. The van der Waals surface area contributed by atoms with Crippen molar-refractivity contribution in [3.63, 3.8) is 0 Å². The molecule has 1 nitrogen and oxygen atoms in total. The molecule has 0 N–H and O–H groups in total. The Balaban J connectivity index is 0.000000461. The summed E-state index contributed by atoms with van der Waals surface area (Å²) in [6.07, 6.45) is 1.71. The number of aryl methyl sites for hydroxylation is 1. The van der Waals surface area contributed by atoms with Crippen LogP contribution in [0.1, 0.15) is 25.1 Å². The van der Waals surface area contributed by atoms with Crippen molar-refractivity contribution in [1.29, 1.82) is 0 Å². The van der Waals surface area contributed by atoms with Gasteiger partial charge in [0.15, 0.2) is 0 Å². The zero-order valence-electron chi connectivity index (χ0n) is 7.48. The summed E-state index contributed by atoms with van der Waals surface area (Å²) in [5.41, 5.74) is 2.07. The van der Waals surface area contributed by atoms with Crippen LogP contribution in [0.15, 0.2) is 12.3 Å². The van der Waals surface area contributed by atoms with Crippen LogP contribution in [-0.2, 0) is 0 Å². The molecule has 0 bridgehead atoms. The van der Waals surface area contributed by atoms with E-state index in [9.17, 15) is 0 Å². The monoisotopic (exact) mass is 171 g/mol. The van der Waals surface area contributed by atoms with Gasteiger partial charge in [0.05, 0.1) is 0 Å². The van der Waals surface area contributed by atoms with Crippen molar-refractivity contribution in [2.24, 2.45) is 0 Å². The SMILES string of the molecule is CC.Cc1nccc(Cl)c1C. The maximum Gasteiger partial charge on any atom is 0.0468 e. The molecule has 0 unspecified atom stereocenters. The summed E-state index contributed by atoms with van der Waals surface area (Å²) in [5.74, 6) is 0. The highest BCUT2D eigenvalue weighted by Gasteiger charge is 1.95. The largest absolute Gasteiger partial charge is 0.261 e. The first-order valence-corrected chi connectivity index (χ1v) is 4.17. The highest BCUT2D eigenvalue weighted by atomic mass is 35.5. The average molecular weight is 172 g/mol. The van der Waals surface area contributed by atoms with Gasteiger partial charge in [-0.15, -0.1) is 0 Å². The first-order valence-electron chi connectivity index (χ1n) is 3.79. The number of rotatable bonds is 0. The number of halogens is 1. The second-order valence-electron chi connectivity index (χ2n) is 2.00. The van der Waals surface area contributed by atoms with Gasteiger partial charge in [-0.05, 0) is 25.5 Å². The Morgan fingerprint density at radius 2 is 1.82 bits per heavy atom. The summed E-state index contributed by atoms with van der Waals surface area (Å²) in [6, 6.07) is 1.80. The fourth-order valence-electron chi connectivity index (χ4n) is 0.609. The quantitative estimate of drug-likeness (QED) is 0.583. The van der Waals surface area contributed by atoms with Gasteiger partial charge in [0.25, 0.3) is 0 Å². The fourth-order valence-corrected chi connectivity index (χ4v) is 0.802. The minimum absolute atomic E-state index is 0.794. The van der Waals surface area contributed by atoms with Crippen molar-refractivity contribution in [3.8, 4) is 0 Å². The molecule has 0 radical (unpaired) electrons. The lowest BCUT2D eigenvalue weighted by atomic mass is 10.2. The average Bonchev–Trinajstić information content (AvgIpc) is 2.04. The third-order valence-corrected chi connectivity index (χ3v) is 1.80. The molecule has 0 amide bonds. The molecular formula is C9H14ClN. The van der Waals surface area contributed by atoms with Crippen LogP contribution in [0.4, 0.5) is 0 Å². The summed E-state index contributed by atoms with van der Waals surface area (Å²) in [5, 5.41) is 0.794.